The third kappa shape index (κ3) is 4.62. The van der Waals surface area contributed by atoms with Gasteiger partial charge in [0, 0.05) is 61.5 Å². The maximum atomic E-state index is 14.6. The van der Waals surface area contributed by atoms with E-state index in [1.165, 1.54) is 12.1 Å². The van der Waals surface area contributed by atoms with Crippen LogP contribution in [0.25, 0.3) is 5.52 Å². The zero-order valence-electron chi connectivity index (χ0n) is 20.3. The first-order valence-corrected chi connectivity index (χ1v) is 12.6. The van der Waals surface area contributed by atoms with Crippen LogP contribution in [-0.2, 0) is 0 Å². The molecular weight excluding hydrogens is 474 g/mol. The summed E-state index contributed by atoms with van der Waals surface area (Å²) in [6.07, 6.45) is 4.93. The van der Waals surface area contributed by atoms with Crippen molar-refractivity contribution in [1.82, 2.24) is 14.9 Å². The lowest BCUT2D eigenvalue weighted by molar-refractivity contribution is 0.102. The maximum absolute atomic E-state index is 14.6. The molecule has 190 valence electrons. The Morgan fingerprint density at radius 2 is 1.78 bits per heavy atom. The summed E-state index contributed by atoms with van der Waals surface area (Å²) in [6.45, 7) is 4.56. The van der Waals surface area contributed by atoms with Gasteiger partial charge in [0.1, 0.15) is 11.6 Å². The van der Waals surface area contributed by atoms with E-state index >= 15 is 0 Å². The van der Waals surface area contributed by atoms with Gasteiger partial charge in [-0.05, 0) is 67.4 Å². The summed E-state index contributed by atoms with van der Waals surface area (Å²) in [5.41, 5.74) is 4.14. The van der Waals surface area contributed by atoms with Gasteiger partial charge in [0.25, 0.3) is 5.91 Å². The molecule has 6 rings (SSSR count). The minimum atomic E-state index is -0.450. The van der Waals surface area contributed by atoms with E-state index < -0.39 is 11.6 Å². The van der Waals surface area contributed by atoms with Crippen molar-refractivity contribution in [2.75, 3.05) is 47.8 Å². The summed E-state index contributed by atoms with van der Waals surface area (Å²) in [5, 5.41) is 10.7. The van der Waals surface area contributed by atoms with E-state index in [1.807, 2.05) is 36.4 Å². The fourth-order valence-electron chi connectivity index (χ4n) is 5.37. The number of piperazine rings is 1. The number of carbonyl (C=O) groups is 1. The lowest BCUT2D eigenvalue weighted by Gasteiger charge is -2.29. The molecule has 9 heteroatoms. The van der Waals surface area contributed by atoms with Gasteiger partial charge in [0.05, 0.1) is 23.3 Å². The molecule has 1 unspecified atom stereocenters. The van der Waals surface area contributed by atoms with Crippen LogP contribution in [0.15, 0.2) is 67.0 Å². The molecule has 37 heavy (non-hydrogen) atoms. The summed E-state index contributed by atoms with van der Waals surface area (Å²) in [4.78, 5) is 17.6. The van der Waals surface area contributed by atoms with E-state index in [0.717, 1.165) is 56.5 Å². The predicted octanol–water partition coefficient (Wildman–Crippen LogP) is 4.62. The molecule has 0 saturated carbocycles. The smallest absolute Gasteiger partial charge is 0.259 e. The molecule has 2 N–H and O–H groups in total. The highest BCUT2D eigenvalue weighted by Gasteiger charge is 2.29. The first kappa shape index (κ1) is 23.4. The third-order valence-corrected chi connectivity index (χ3v) is 7.26. The Morgan fingerprint density at radius 1 is 0.973 bits per heavy atom. The summed E-state index contributed by atoms with van der Waals surface area (Å²) in [5.74, 6) is -1.11. The number of pyridine rings is 1. The first-order valence-electron chi connectivity index (χ1n) is 12.6. The lowest BCUT2D eigenvalue weighted by atomic mass is 10.0. The molecule has 2 saturated heterocycles. The van der Waals surface area contributed by atoms with E-state index in [1.54, 1.807) is 16.9 Å². The van der Waals surface area contributed by atoms with Crippen molar-refractivity contribution >= 4 is 28.5 Å². The summed E-state index contributed by atoms with van der Waals surface area (Å²) >= 11 is 0. The Kier molecular flexibility index (Phi) is 6.21. The van der Waals surface area contributed by atoms with Gasteiger partial charge in [-0.1, -0.05) is 0 Å². The highest BCUT2D eigenvalue weighted by atomic mass is 19.1. The van der Waals surface area contributed by atoms with Gasteiger partial charge < -0.3 is 20.4 Å². The van der Waals surface area contributed by atoms with Crippen molar-refractivity contribution in [3.05, 3.63) is 89.8 Å². The van der Waals surface area contributed by atoms with E-state index in [9.17, 15) is 13.6 Å². The van der Waals surface area contributed by atoms with Crippen LogP contribution in [0, 0.1) is 11.6 Å². The molecule has 4 aromatic rings. The number of anilines is 3. The second kappa shape index (κ2) is 9.82. The number of halogens is 2. The SMILES string of the molecule is O=C(Nc1ccc(N2CCNCC2)cc1)c1cnn2ccc(N3CCCC3c3cc(F)ccc3F)cc12. The van der Waals surface area contributed by atoms with Crippen LogP contribution in [0.2, 0.25) is 0 Å². The minimum Gasteiger partial charge on any atom is -0.369 e. The van der Waals surface area contributed by atoms with Crippen molar-refractivity contribution in [2.24, 2.45) is 0 Å². The summed E-state index contributed by atoms with van der Waals surface area (Å²) < 4.78 is 30.1. The fourth-order valence-corrected chi connectivity index (χ4v) is 5.37. The molecule has 1 atom stereocenters. The zero-order valence-corrected chi connectivity index (χ0v) is 20.3. The number of benzene rings is 2. The minimum absolute atomic E-state index is 0.254. The van der Waals surface area contributed by atoms with Crippen LogP contribution in [0.5, 0.6) is 0 Å². The topological polar surface area (TPSA) is 64.9 Å². The largest absolute Gasteiger partial charge is 0.369 e. The zero-order chi connectivity index (χ0) is 25.4. The second-order valence-electron chi connectivity index (χ2n) is 9.53. The predicted molar refractivity (Wildman–Crippen MR) is 140 cm³/mol. The van der Waals surface area contributed by atoms with E-state index in [4.69, 9.17) is 0 Å². The number of amides is 1. The van der Waals surface area contributed by atoms with Gasteiger partial charge in [0.2, 0.25) is 0 Å². The molecule has 0 bridgehead atoms. The van der Waals surface area contributed by atoms with Crippen LogP contribution in [0.1, 0.15) is 34.8 Å². The molecule has 0 aliphatic carbocycles. The molecule has 2 aliphatic rings. The average Bonchev–Trinajstić information content (AvgIpc) is 3.58. The summed E-state index contributed by atoms with van der Waals surface area (Å²) in [7, 11) is 0. The van der Waals surface area contributed by atoms with Gasteiger partial charge in [-0.2, -0.15) is 5.10 Å². The Morgan fingerprint density at radius 3 is 2.59 bits per heavy atom. The van der Waals surface area contributed by atoms with Crippen LogP contribution in [0.4, 0.5) is 25.8 Å². The van der Waals surface area contributed by atoms with Crippen molar-refractivity contribution in [2.45, 2.75) is 18.9 Å². The second-order valence-corrected chi connectivity index (χ2v) is 9.53. The van der Waals surface area contributed by atoms with Gasteiger partial charge in [0.15, 0.2) is 0 Å². The van der Waals surface area contributed by atoms with Crippen LogP contribution in [-0.4, -0.2) is 48.2 Å². The number of hydrogen-bond donors (Lipinski definition) is 2. The van der Waals surface area contributed by atoms with Crippen molar-refractivity contribution in [3.8, 4) is 0 Å². The quantitative estimate of drug-likeness (QED) is 0.417. The molecule has 0 spiro atoms. The van der Waals surface area contributed by atoms with Crippen LogP contribution >= 0.6 is 0 Å². The highest BCUT2D eigenvalue weighted by molar-refractivity contribution is 6.09. The maximum Gasteiger partial charge on any atom is 0.259 e. The Hall–Kier alpha value is -3.98. The number of nitrogens with one attached hydrogen (secondary N) is 2. The van der Waals surface area contributed by atoms with Gasteiger partial charge >= 0.3 is 0 Å². The van der Waals surface area contributed by atoms with Crippen molar-refractivity contribution in [1.29, 1.82) is 0 Å². The normalized spacial score (nSPS) is 17.9. The number of aromatic nitrogens is 2. The Labute approximate surface area is 213 Å². The Bertz CT molecular complexity index is 1430. The number of fused-ring (bicyclic) bond motifs is 1. The third-order valence-electron chi connectivity index (χ3n) is 7.26. The number of hydrogen-bond acceptors (Lipinski definition) is 5. The molecule has 4 heterocycles. The first-order chi connectivity index (χ1) is 18.1. The molecule has 2 fully saturated rings. The van der Waals surface area contributed by atoms with Gasteiger partial charge in [-0.3, -0.25) is 4.79 Å². The molecule has 0 radical (unpaired) electrons. The molecule has 2 aliphatic heterocycles. The molecule has 2 aromatic carbocycles. The van der Waals surface area contributed by atoms with Gasteiger partial charge in [-0.15, -0.1) is 0 Å². The van der Waals surface area contributed by atoms with Crippen LogP contribution < -0.4 is 20.4 Å². The monoisotopic (exact) mass is 502 g/mol. The Balaban J connectivity index is 1.23. The van der Waals surface area contributed by atoms with Crippen LogP contribution in [0.3, 0.4) is 0 Å². The van der Waals surface area contributed by atoms with E-state index in [0.29, 0.717) is 28.9 Å². The van der Waals surface area contributed by atoms with Crippen molar-refractivity contribution < 1.29 is 13.6 Å². The molecular formula is C28H28F2N6O. The number of carbonyl (C=O) groups excluding carboxylic acids is 1. The van der Waals surface area contributed by atoms with E-state index in [2.05, 4.69) is 25.5 Å². The fraction of sp³-hybridized carbons (Fsp3) is 0.286. The standard InChI is InChI=1S/C28H28F2N6O/c29-19-3-8-25(30)23(16-19)26-2-1-12-35(26)22-9-13-36-27(17-22)24(18-32-36)28(37)33-20-4-6-21(7-5-20)34-14-10-31-11-15-34/h3-9,13,16-18,26,31H,1-2,10-12,14-15H2,(H,33,37). The lowest BCUT2D eigenvalue weighted by Crippen LogP contribution is -2.43. The highest BCUT2D eigenvalue weighted by Crippen LogP contribution is 2.38. The van der Waals surface area contributed by atoms with Crippen molar-refractivity contribution in [3.63, 3.8) is 0 Å². The molecule has 7 nitrogen and oxygen atoms in total. The average molecular weight is 503 g/mol. The number of rotatable bonds is 5. The number of nitrogens with zero attached hydrogens (tertiary/aromatic N) is 4. The summed E-state index contributed by atoms with van der Waals surface area (Å²) in [6, 6.07) is 15.0. The van der Waals surface area contributed by atoms with E-state index in [-0.39, 0.29) is 11.9 Å². The molecule has 1 amide bonds. The van der Waals surface area contributed by atoms with Gasteiger partial charge in [-0.25, -0.2) is 13.3 Å². The molecule has 2 aromatic heterocycles.